The molecule has 1 aromatic heterocycles. The van der Waals surface area contributed by atoms with Gasteiger partial charge in [0.15, 0.2) is 5.82 Å². The minimum absolute atomic E-state index is 0.206. The predicted molar refractivity (Wildman–Crippen MR) is 115 cm³/mol. The van der Waals surface area contributed by atoms with Crippen LogP contribution in [0.2, 0.25) is 0 Å². The molecular weight excluding hydrogens is 348 g/mol. The van der Waals surface area contributed by atoms with Gasteiger partial charge in [-0.2, -0.15) is 0 Å². The van der Waals surface area contributed by atoms with E-state index >= 15 is 0 Å². The Morgan fingerprint density at radius 3 is 2.75 bits per heavy atom. The number of hydrogen-bond donors (Lipinski definition) is 1. The molecule has 2 aromatic carbocycles. The smallest absolute Gasteiger partial charge is 0.165 e. The highest BCUT2D eigenvalue weighted by atomic mass is 16.3. The van der Waals surface area contributed by atoms with Crippen molar-refractivity contribution >= 4 is 16.7 Å². The molecule has 1 aliphatic heterocycles. The van der Waals surface area contributed by atoms with Gasteiger partial charge in [0.1, 0.15) is 11.6 Å². The summed E-state index contributed by atoms with van der Waals surface area (Å²) in [4.78, 5) is 14.4. The molecule has 4 rings (SSSR count). The zero-order valence-electron chi connectivity index (χ0n) is 16.9. The fourth-order valence-corrected chi connectivity index (χ4v) is 4.12. The minimum Gasteiger partial charge on any atom is -0.507 e. The Morgan fingerprint density at radius 2 is 2.00 bits per heavy atom. The first-order chi connectivity index (χ1) is 13.5. The fourth-order valence-electron chi connectivity index (χ4n) is 4.12. The Kier molecular flexibility index (Phi) is 5.18. The molecule has 0 spiro atoms. The number of nitrogens with zero attached hydrogens (tertiary/aromatic N) is 4. The second-order valence-corrected chi connectivity index (χ2v) is 7.84. The molecule has 0 saturated carbocycles. The quantitative estimate of drug-likeness (QED) is 0.727. The summed E-state index contributed by atoms with van der Waals surface area (Å²) in [6.45, 7) is 8.72. The molecule has 28 heavy (non-hydrogen) atoms. The van der Waals surface area contributed by atoms with Crippen LogP contribution in [0.25, 0.3) is 22.3 Å². The molecular formula is C23H28N4O. The summed E-state index contributed by atoms with van der Waals surface area (Å²) < 4.78 is 0. The third-order valence-corrected chi connectivity index (χ3v) is 5.69. The number of fused-ring (bicyclic) bond motifs is 1. The normalized spacial score (nSPS) is 17.3. The lowest BCUT2D eigenvalue weighted by molar-refractivity contribution is 0.343. The van der Waals surface area contributed by atoms with Crippen LogP contribution >= 0.6 is 0 Å². The van der Waals surface area contributed by atoms with E-state index in [-0.39, 0.29) is 5.75 Å². The molecule has 0 radical (unpaired) electrons. The SMILES string of the molecule is CCN1CCC(CN(C)c2nc(-c3ccccc3O)nc3cc(C)ccc23)C1. The first-order valence-electron chi connectivity index (χ1n) is 10.1. The van der Waals surface area contributed by atoms with E-state index in [2.05, 4.69) is 48.9 Å². The number of phenols is 1. The average Bonchev–Trinajstić information content (AvgIpc) is 3.14. The number of phenolic OH excluding ortho intramolecular Hbond substituents is 1. The van der Waals surface area contributed by atoms with Crippen LogP contribution in [0, 0.1) is 12.8 Å². The van der Waals surface area contributed by atoms with Crippen molar-refractivity contribution in [3.63, 3.8) is 0 Å². The van der Waals surface area contributed by atoms with Crippen molar-refractivity contribution < 1.29 is 5.11 Å². The summed E-state index contributed by atoms with van der Waals surface area (Å²) in [5.74, 6) is 2.35. The predicted octanol–water partition coefficient (Wildman–Crippen LogP) is 4.09. The van der Waals surface area contributed by atoms with Crippen molar-refractivity contribution in [3.8, 4) is 17.1 Å². The first-order valence-corrected chi connectivity index (χ1v) is 10.1. The molecule has 5 heteroatoms. The van der Waals surface area contributed by atoms with Crippen LogP contribution in [-0.4, -0.2) is 53.2 Å². The Labute approximate surface area is 166 Å². The van der Waals surface area contributed by atoms with Crippen molar-refractivity contribution in [3.05, 3.63) is 48.0 Å². The third kappa shape index (κ3) is 3.67. The number of aromatic hydroxyl groups is 1. The molecule has 1 unspecified atom stereocenters. The number of likely N-dealkylation sites (tertiary alicyclic amines) is 1. The summed E-state index contributed by atoms with van der Waals surface area (Å²) >= 11 is 0. The highest BCUT2D eigenvalue weighted by Crippen LogP contribution is 2.32. The van der Waals surface area contributed by atoms with Crippen molar-refractivity contribution in [1.82, 2.24) is 14.9 Å². The van der Waals surface area contributed by atoms with Gasteiger partial charge in [-0.25, -0.2) is 9.97 Å². The van der Waals surface area contributed by atoms with Crippen LogP contribution < -0.4 is 4.90 Å². The van der Waals surface area contributed by atoms with Gasteiger partial charge in [0, 0.05) is 25.5 Å². The molecule has 1 N–H and O–H groups in total. The molecule has 1 aliphatic rings. The van der Waals surface area contributed by atoms with Crippen molar-refractivity contribution in [2.45, 2.75) is 20.3 Å². The maximum Gasteiger partial charge on any atom is 0.165 e. The molecule has 146 valence electrons. The lowest BCUT2D eigenvalue weighted by Crippen LogP contribution is -2.29. The number of benzene rings is 2. The molecule has 1 fully saturated rings. The first kappa shape index (κ1) is 18.7. The molecule has 2 heterocycles. The maximum atomic E-state index is 10.3. The summed E-state index contributed by atoms with van der Waals surface area (Å²) in [5.41, 5.74) is 2.74. The van der Waals surface area contributed by atoms with Crippen LogP contribution in [0.15, 0.2) is 42.5 Å². The Hall–Kier alpha value is -2.66. The maximum absolute atomic E-state index is 10.3. The Balaban J connectivity index is 1.74. The number of aryl methyl sites for hydroxylation is 1. The van der Waals surface area contributed by atoms with Crippen molar-refractivity contribution in [2.75, 3.05) is 38.1 Å². The number of rotatable bonds is 5. The number of hydrogen-bond acceptors (Lipinski definition) is 5. The van der Waals surface area contributed by atoms with Crippen LogP contribution in [0.3, 0.4) is 0 Å². The molecule has 1 atom stereocenters. The van der Waals surface area contributed by atoms with Crippen molar-refractivity contribution in [2.24, 2.45) is 5.92 Å². The second kappa shape index (κ2) is 7.76. The number of para-hydroxylation sites is 1. The molecule has 1 saturated heterocycles. The lowest BCUT2D eigenvalue weighted by atomic mass is 10.1. The van der Waals surface area contributed by atoms with Crippen molar-refractivity contribution in [1.29, 1.82) is 0 Å². The topological polar surface area (TPSA) is 52.5 Å². The van der Waals surface area contributed by atoms with E-state index < -0.39 is 0 Å². The van der Waals surface area contributed by atoms with Gasteiger partial charge in [-0.15, -0.1) is 0 Å². The van der Waals surface area contributed by atoms with Gasteiger partial charge in [0.05, 0.1) is 11.1 Å². The van der Waals surface area contributed by atoms with E-state index in [0.717, 1.165) is 41.9 Å². The molecule has 5 nitrogen and oxygen atoms in total. The second-order valence-electron chi connectivity index (χ2n) is 7.84. The summed E-state index contributed by atoms with van der Waals surface area (Å²) in [5, 5.41) is 11.4. The van der Waals surface area contributed by atoms with Gasteiger partial charge in [-0.05, 0) is 62.2 Å². The third-order valence-electron chi connectivity index (χ3n) is 5.69. The molecule has 3 aromatic rings. The summed E-state index contributed by atoms with van der Waals surface area (Å²) in [6, 6.07) is 13.6. The lowest BCUT2D eigenvalue weighted by Gasteiger charge is -2.24. The zero-order valence-corrected chi connectivity index (χ0v) is 16.9. The molecule has 0 aliphatic carbocycles. The largest absolute Gasteiger partial charge is 0.507 e. The van der Waals surface area contributed by atoms with Crippen LogP contribution in [0.5, 0.6) is 5.75 Å². The van der Waals surface area contributed by atoms with E-state index in [1.165, 1.54) is 13.0 Å². The Bertz CT molecular complexity index is 987. The van der Waals surface area contributed by atoms with E-state index in [1.807, 2.05) is 18.2 Å². The van der Waals surface area contributed by atoms with Crippen LogP contribution in [0.4, 0.5) is 5.82 Å². The van der Waals surface area contributed by atoms with Gasteiger partial charge in [0.25, 0.3) is 0 Å². The van der Waals surface area contributed by atoms with E-state index in [9.17, 15) is 5.11 Å². The summed E-state index contributed by atoms with van der Waals surface area (Å²) in [6.07, 6.45) is 1.23. The van der Waals surface area contributed by atoms with Gasteiger partial charge in [0.2, 0.25) is 0 Å². The monoisotopic (exact) mass is 376 g/mol. The minimum atomic E-state index is 0.206. The van der Waals surface area contributed by atoms with Crippen LogP contribution in [0.1, 0.15) is 18.9 Å². The molecule has 0 amide bonds. The van der Waals surface area contributed by atoms with E-state index in [4.69, 9.17) is 9.97 Å². The molecule has 0 bridgehead atoms. The van der Waals surface area contributed by atoms with Gasteiger partial charge >= 0.3 is 0 Å². The average molecular weight is 377 g/mol. The van der Waals surface area contributed by atoms with Gasteiger partial charge in [-0.1, -0.05) is 25.1 Å². The van der Waals surface area contributed by atoms with E-state index in [1.54, 1.807) is 6.07 Å². The zero-order chi connectivity index (χ0) is 19.7. The Morgan fingerprint density at radius 1 is 1.18 bits per heavy atom. The summed E-state index contributed by atoms with van der Waals surface area (Å²) in [7, 11) is 2.12. The van der Waals surface area contributed by atoms with Gasteiger partial charge < -0.3 is 14.9 Å². The van der Waals surface area contributed by atoms with Gasteiger partial charge in [-0.3, -0.25) is 0 Å². The number of aromatic nitrogens is 2. The number of anilines is 1. The van der Waals surface area contributed by atoms with E-state index in [0.29, 0.717) is 17.3 Å². The fraction of sp³-hybridized carbons (Fsp3) is 0.391. The standard InChI is InChI=1S/C23H28N4O/c1-4-27-12-11-17(15-27)14-26(3)23-18-10-9-16(2)13-20(18)24-22(25-23)19-7-5-6-8-21(19)28/h5-10,13,17,28H,4,11-12,14-15H2,1-3H3. The highest BCUT2D eigenvalue weighted by Gasteiger charge is 2.24. The highest BCUT2D eigenvalue weighted by molar-refractivity contribution is 5.91. The van der Waals surface area contributed by atoms with Crippen LogP contribution in [-0.2, 0) is 0 Å².